The molecule has 0 N–H and O–H groups in total. The highest BCUT2D eigenvalue weighted by Gasteiger charge is 2.22. The Morgan fingerprint density at radius 1 is 1.26 bits per heavy atom. The third kappa shape index (κ3) is 4.65. The van der Waals surface area contributed by atoms with Crippen molar-refractivity contribution in [1.29, 1.82) is 0 Å². The Morgan fingerprint density at radius 3 is 2.59 bits per heavy atom. The first-order valence-electron chi connectivity index (χ1n) is 8.46. The second-order valence-corrected chi connectivity index (χ2v) is 6.63. The number of ether oxygens (including phenoxy) is 1. The van der Waals surface area contributed by atoms with Crippen molar-refractivity contribution in [3.8, 4) is 5.75 Å². The molecule has 1 aliphatic rings. The summed E-state index contributed by atoms with van der Waals surface area (Å²) in [5.74, 6) is 1.22. The summed E-state index contributed by atoms with van der Waals surface area (Å²) in [7, 11) is 0. The smallest absolute Gasteiger partial charge is 0.287 e. The monoisotopic (exact) mass is 390 g/mol. The van der Waals surface area contributed by atoms with Gasteiger partial charge < -0.3 is 14.5 Å². The zero-order chi connectivity index (χ0) is 19.4. The molecule has 0 aliphatic carbocycles. The number of carbonyl (C=O) groups excluding carboxylic acids is 1. The van der Waals surface area contributed by atoms with Crippen LogP contribution in [0.5, 0.6) is 5.75 Å². The molecule has 142 valence electrons. The lowest BCUT2D eigenvalue weighted by Crippen LogP contribution is -2.50. The molecule has 1 aliphatic heterocycles. The van der Waals surface area contributed by atoms with Gasteiger partial charge in [0.2, 0.25) is 0 Å². The van der Waals surface area contributed by atoms with Gasteiger partial charge in [-0.3, -0.25) is 14.9 Å². The fourth-order valence-corrected chi connectivity index (χ4v) is 3.09. The number of aryl methyl sites for hydroxylation is 1. The molecule has 0 saturated carbocycles. The summed E-state index contributed by atoms with van der Waals surface area (Å²) in [4.78, 5) is 30.5. The lowest BCUT2D eigenvalue weighted by Gasteiger charge is -2.35. The fraction of sp³-hybridized carbons (Fsp3) is 0.333. The quantitative estimate of drug-likeness (QED) is 0.576. The molecule has 8 nitrogen and oxygen atoms in total. The lowest BCUT2D eigenvalue weighted by molar-refractivity contribution is -0.385. The predicted octanol–water partition coefficient (Wildman–Crippen LogP) is 2.68. The Labute approximate surface area is 161 Å². The molecule has 0 bridgehead atoms. The molecule has 27 heavy (non-hydrogen) atoms. The van der Waals surface area contributed by atoms with E-state index >= 15 is 0 Å². The van der Waals surface area contributed by atoms with E-state index in [1.54, 1.807) is 29.2 Å². The minimum absolute atomic E-state index is 0.0295. The largest absolute Gasteiger partial charge is 0.483 e. The average Bonchev–Trinajstić information content (AvgIpc) is 2.67. The molecule has 1 amide bonds. The Kier molecular flexibility index (Phi) is 5.75. The summed E-state index contributed by atoms with van der Waals surface area (Å²) in [6.07, 6.45) is 1.25. The van der Waals surface area contributed by atoms with Crippen LogP contribution in [0.3, 0.4) is 0 Å². The van der Waals surface area contributed by atoms with E-state index < -0.39 is 4.92 Å². The van der Waals surface area contributed by atoms with Crippen LogP contribution in [0.25, 0.3) is 0 Å². The highest BCUT2D eigenvalue weighted by molar-refractivity contribution is 6.30. The third-order valence-corrected chi connectivity index (χ3v) is 4.62. The molecule has 9 heteroatoms. The molecular formula is C18H19ClN4O4. The van der Waals surface area contributed by atoms with Gasteiger partial charge in [0.15, 0.2) is 6.61 Å². The fourth-order valence-electron chi connectivity index (χ4n) is 2.86. The molecule has 0 radical (unpaired) electrons. The number of nitrogens with zero attached hydrogens (tertiary/aromatic N) is 4. The minimum atomic E-state index is -0.476. The first-order chi connectivity index (χ1) is 12.9. The van der Waals surface area contributed by atoms with Crippen LogP contribution < -0.4 is 9.64 Å². The molecule has 1 aromatic heterocycles. The van der Waals surface area contributed by atoms with Gasteiger partial charge >= 0.3 is 0 Å². The number of halogens is 1. The van der Waals surface area contributed by atoms with Crippen LogP contribution in [0.2, 0.25) is 5.02 Å². The standard InChI is InChI=1S/C18H19ClN4O4/c1-13-10-14(19)2-4-16(13)27-12-18(24)22-8-6-21(7-9-22)17-5-3-15(11-20-17)23(25)26/h2-5,10-11H,6-9,12H2,1H3. The summed E-state index contributed by atoms with van der Waals surface area (Å²) >= 11 is 5.92. The number of hydrogen-bond donors (Lipinski definition) is 0. The van der Waals surface area contributed by atoms with Crippen LogP contribution in [0, 0.1) is 17.0 Å². The van der Waals surface area contributed by atoms with Crippen LogP contribution in [0.4, 0.5) is 11.5 Å². The number of amides is 1. The van der Waals surface area contributed by atoms with E-state index in [9.17, 15) is 14.9 Å². The maximum Gasteiger partial charge on any atom is 0.287 e. The van der Waals surface area contributed by atoms with Crippen LogP contribution in [-0.2, 0) is 4.79 Å². The van der Waals surface area contributed by atoms with Gasteiger partial charge in [-0.1, -0.05) is 11.6 Å². The molecular weight excluding hydrogens is 372 g/mol. The summed E-state index contributed by atoms with van der Waals surface area (Å²) in [5, 5.41) is 11.3. The van der Waals surface area contributed by atoms with Crippen LogP contribution in [-0.4, -0.2) is 53.5 Å². The zero-order valence-corrected chi connectivity index (χ0v) is 15.6. The molecule has 0 spiro atoms. The van der Waals surface area contributed by atoms with Gasteiger partial charge in [0.05, 0.1) is 4.92 Å². The van der Waals surface area contributed by atoms with Gasteiger partial charge in [0.1, 0.15) is 17.8 Å². The summed E-state index contributed by atoms with van der Waals surface area (Å²) in [6.45, 7) is 4.15. The topological polar surface area (TPSA) is 88.8 Å². The van der Waals surface area contributed by atoms with E-state index in [2.05, 4.69) is 4.98 Å². The second-order valence-electron chi connectivity index (χ2n) is 6.20. The van der Waals surface area contributed by atoms with Crippen LogP contribution >= 0.6 is 11.6 Å². The zero-order valence-electron chi connectivity index (χ0n) is 14.8. The van der Waals surface area contributed by atoms with Crippen LogP contribution in [0.15, 0.2) is 36.5 Å². The molecule has 0 unspecified atom stereocenters. The van der Waals surface area contributed by atoms with E-state index in [1.165, 1.54) is 12.3 Å². The normalized spacial score (nSPS) is 14.1. The first-order valence-corrected chi connectivity index (χ1v) is 8.84. The second kappa shape index (κ2) is 8.22. The number of aromatic nitrogens is 1. The SMILES string of the molecule is Cc1cc(Cl)ccc1OCC(=O)N1CCN(c2ccc([N+](=O)[O-])cn2)CC1. The van der Waals surface area contributed by atoms with E-state index in [4.69, 9.17) is 16.3 Å². The van der Waals surface area contributed by atoms with Crippen molar-refractivity contribution in [1.82, 2.24) is 9.88 Å². The highest BCUT2D eigenvalue weighted by atomic mass is 35.5. The van der Waals surface area contributed by atoms with Gasteiger partial charge in [-0.25, -0.2) is 4.98 Å². The van der Waals surface area contributed by atoms with Crippen molar-refractivity contribution >= 4 is 29.0 Å². The molecule has 1 fully saturated rings. The van der Waals surface area contributed by atoms with E-state index in [-0.39, 0.29) is 18.2 Å². The van der Waals surface area contributed by atoms with Crippen molar-refractivity contribution in [2.75, 3.05) is 37.7 Å². The Morgan fingerprint density at radius 2 is 2.00 bits per heavy atom. The Hall–Kier alpha value is -2.87. The van der Waals surface area contributed by atoms with Crippen molar-refractivity contribution in [3.05, 3.63) is 57.2 Å². The number of benzene rings is 1. The lowest BCUT2D eigenvalue weighted by atomic mass is 10.2. The minimum Gasteiger partial charge on any atom is -0.483 e. The van der Waals surface area contributed by atoms with Gasteiger partial charge in [0.25, 0.3) is 11.6 Å². The van der Waals surface area contributed by atoms with Crippen molar-refractivity contribution in [2.45, 2.75) is 6.92 Å². The number of nitro groups is 1. The average molecular weight is 391 g/mol. The summed E-state index contributed by atoms with van der Waals surface area (Å²) in [6, 6.07) is 8.33. The molecule has 2 aromatic rings. The molecule has 1 saturated heterocycles. The predicted molar refractivity (Wildman–Crippen MR) is 101 cm³/mol. The Balaban J connectivity index is 1.51. The van der Waals surface area contributed by atoms with Gasteiger partial charge in [-0.05, 0) is 36.8 Å². The number of hydrogen-bond acceptors (Lipinski definition) is 6. The molecule has 1 aromatic carbocycles. The summed E-state index contributed by atoms with van der Waals surface area (Å²) < 4.78 is 5.61. The number of piperazine rings is 1. The number of anilines is 1. The third-order valence-electron chi connectivity index (χ3n) is 4.39. The van der Waals surface area contributed by atoms with Crippen molar-refractivity contribution < 1.29 is 14.5 Å². The van der Waals surface area contributed by atoms with Crippen LogP contribution in [0.1, 0.15) is 5.56 Å². The number of rotatable bonds is 5. The van der Waals surface area contributed by atoms with Gasteiger partial charge in [-0.2, -0.15) is 0 Å². The van der Waals surface area contributed by atoms with E-state index in [0.717, 1.165) is 5.56 Å². The van der Waals surface area contributed by atoms with Crippen molar-refractivity contribution in [2.24, 2.45) is 0 Å². The maximum absolute atomic E-state index is 12.4. The number of carbonyl (C=O) groups is 1. The highest BCUT2D eigenvalue weighted by Crippen LogP contribution is 2.22. The van der Waals surface area contributed by atoms with E-state index in [1.807, 2.05) is 11.8 Å². The molecule has 3 rings (SSSR count). The van der Waals surface area contributed by atoms with E-state index in [0.29, 0.717) is 42.8 Å². The van der Waals surface area contributed by atoms with Gasteiger partial charge in [0, 0.05) is 37.3 Å². The molecule has 2 heterocycles. The number of pyridine rings is 1. The maximum atomic E-state index is 12.4. The molecule has 0 atom stereocenters. The van der Waals surface area contributed by atoms with Gasteiger partial charge in [-0.15, -0.1) is 0 Å². The first kappa shape index (κ1) is 18.9. The van der Waals surface area contributed by atoms with Crippen molar-refractivity contribution in [3.63, 3.8) is 0 Å². The Bertz CT molecular complexity index is 836. The summed E-state index contributed by atoms with van der Waals surface area (Å²) in [5.41, 5.74) is 0.839.